The van der Waals surface area contributed by atoms with Crippen molar-refractivity contribution in [2.24, 2.45) is 16.8 Å². The number of halogens is 1. The van der Waals surface area contributed by atoms with E-state index in [-0.39, 0.29) is 24.0 Å². The normalized spacial score (nSPS) is 22.3. The van der Waals surface area contributed by atoms with E-state index < -0.39 is 0 Å². The van der Waals surface area contributed by atoms with Crippen molar-refractivity contribution in [1.82, 2.24) is 24.8 Å². The highest BCUT2D eigenvalue weighted by Gasteiger charge is 2.35. The van der Waals surface area contributed by atoms with Crippen molar-refractivity contribution in [1.29, 1.82) is 0 Å². The Morgan fingerprint density at radius 3 is 2.48 bits per heavy atom. The highest BCUT2D eigenvalue weighted by molar-refractivity contribution is 14.0. The number of likely N-dealkylation sites (tertiary alicyclic amines) is 1. The fourth-order valence-electron chi connectivity index (χ4n) is 4.38. The third kappa shape index (κ3) is 4.44. The molecule has 2 fully saturated rings. The van der Waals surface area contributed by atoms with Crippen molar-refractivity contribution < 1.29 is 0 Å². The molecule has 0 amide bonds. The number of guanidine groups is 1. The summed E-state index contributed by atoms with van der Waals surface area (Å²) in [6, 6.07) is 4.16. The van der Waals surface area contributed by atoms with Crippen LogP contribution in [0.25, 0.3) is 5.82 Å². The molecule has 27 heavy (non-hydrogen) atoms. The van der Waals surface area contributed by atoms with Crippen LogP contribution in [0.1, 0.15) is 37.1 Å². The minimum absolute atomic E-state index is 0. The molecule has 7 heteroatoms. The van der Waals surface area contributed by atoms with Gasteiger partial charge in [-0.05, 0) is 43.2 Å². The lowest BCUT2D eigenvalue weighted by Crippen LogP contribution is -2.39. The first-order chi connectivity index (χ1) is 12.7. The summed E-state index contributed by atoms with van der Waals surface area (Å²) in [4.78, 5) is 15.8. The summed E-state index contributed by atoms with van der Waals surface area (Å²) >= 11 is 0. The summed E-state index contributed by atoms with van der Waals surface area (Å²) in [7, 11) is 1.88. The Morgan fingerprint density at radius 1 is 1.19 bits per heavy atom. The van der Waals surface area contributed by atoms with Crippen LogP contribution in [0.2, 0.25) is 0 Å². The zero-order valence-corrected chi connectivity index (χ0v) is 18.5. The molecule has 1 aliphatic heterocycles. The summed E-state index contributed by atoms with van der Waals surface area (Å²) in [6.45, 7) is 5.03. The van der Waals surface area contributed by atoms with E-state index in [1.54, 1.807) is 6.20 Å². The Bertz CT molecular complexity index is 755. The van der Waals surface area contributed by atoms with Crippen LogP contribution in [-0.4, -0.2) is 45.5 Å². The van der Waals surface area contributed by atoms with Gasteiger partial charge >= 0.3 is 0 Å². The number of imidazole rings is 1. The predicted octanol–water partition coefficient (Wildman–Crippen LogP) is 3.39. The Morgan fingerprint density at radius 2 is 1.93 bits per heavy atom. The van der Waals surface area contributed by atoms with Gasteiger partial charge in [0.15, 0.2) is 5.96 Å². The molecule has 0 radical (unpaired) electrons. The van der Waals surface area contributed by atoms with Gasteiger partial charge in [-0.2, -0.15) is 0 Å². The summed E-state index contributed by atoms with van der Waals surface area (Å²) in [5.41, 5.74) is 1.16. The second-order valence-corrected chi connectivity index (χ2v) is 7.48. The monoisotopic (exact) mass is 480 g/mol. The average Bonchev–Trinajstić information content (AvgIpc) is 3.29. The van der Waals surface area contributed by atoms with E-state index in [0.29, 0.717) is 0 Å². The van der Waals surface area contributed by atoms with Gasteiger partial charge in [0.1, 0.15) is 11.6 Å². The highest BCUT2D eigenvalue weighted by Crippen LogP contribution is 2.35. The molecule has 6 nitrogen and oxygen atoms in total. The summed E-state index contributed by atoms with van der Waals surface area (Å²) < 4.78 is 1.99. The first-order valence-corrected chi connectivity index (χ1v) is 9.65. The standard InChI is InChI=1S/C20H28N6.HI/c1-15-22-9-10-26(15)19-8-7-16(11-23-19)12-24-20(21-2)25-13-17-5-3-4-6-18(17)14-25;/h7-11,17-18H,3-6,12-14H2,1-2H3,(H,21,24);1H. The molecule has 1 saturated carbocycles. The van der Waals surface area contributed by atoms with Gasteiger partial charge in [-0.1, -0.05) is 18.9 Å². The lowest BCUT2D eigenvalue weighted by molar-refractivity contribution is 0.299. The quantitative estimate of drug-likeness (QED) is 0.416. The van der Waals surface area contributed by atoms with Crippen LogP contribution in [0.5, 0.6) is 0 Å². The first-order valence-electron chi connectivity index (χ1n) is 9.65. The van der Waals surface area contributed by atoms with Gasteiger partial charge in [0, 0.05) is 45.3 Å². The SMILES string of the molecule is CN=C(NCc1ccc(-n2ccnc2C)nc1)N1CC2CCCCC2C1.I. The van der Waals surface area contributed by atoms with E-state index in [4.69, 9.17) is 0 Å². The van der Waals surface area contributed by atoms with Gasteiger partial charge in [-0.3, -0.25) is 9.56 Å². The Balaban J connectivity index is 0.00000210. The fourth-order valence-corrected chi connectivity index (χ4v) is 4.38. The van der Waals surface area contributed by atoms with Crippen LogP contribution in [0.3, 0.4) is 0 Å². The van der Waals surface area contributed by atoms with Crippen LogP contribution < -0.4 is 5.32 Å². The summed E-state index contributed by atoms with van der Waals surface area (Å²) in [6.07, 6.45) is 11.2. The summed E-state index contributed by atoms with van der Waals surface area (Å²) in [5.74, 6) is 4.59. The molecule has 4 rings (SSSR count). The lowest BCUT2D eigenvalue weighted by Gasteiger charge is -2.22. The fraction of sp³-hybridized carbons (Fsp3) is 0.550. The van der Waals surface area contributed by atoms with Gasteiger partial charge in [-0.25, -0.2) is 9.97 Å². The second-order valence-electron chi connectivity index (χ2n) is 7.48. The van der Waals surface area contributed by atoms with Gasteiger partial charge in [0.25, 0.3) is 0 Å². The molecule has 2 aromatic heterocycles. The zero-order valence-electron chi connectivity index (χ0n) is 16.1. The van der Waals surface area contributed by atoms with Crippen molar-refractivity contribution in [3.05, 3.63) is 42.1 Å². The molecule has 0 aromatic carbocycles. The van der Waals surface area contributed by atoms with E-state index >= 15 is 0 Å². The Hall–Kier alpha value is -1.64. The Kier molecular flexibility index (Phi) is 6.73. The van der Waals surface area contributed by atoms with Crippen molar-refractivity contribution in [3.8, 4) is 5.82 Å². The average molecular weight is 480 g/mol. The number of nitrogens with zero attached hydrogens (tertiary/aromatic N) is 5. The molecular weight excluding hydrogens is 451 g/mol. The van der Waals surface area contributed by atoms with E-state index in [1.807, 2.05) is 37.0 Å². The van der Waals surface area contributed by atoms with Gasteiger partial charge in [0.2, 0.25) is 0 Å². The molecule has 1 saturated heterocycles. The van der Waals surface area contributed by atoms with Crippen molar-refractivity contribution in [2.75, 3.05) is 20.1 Å². The van der Waals surface area contributed by atoms with Crippen molar-refractivity contribution in [3.63, 3.8) is 0 Å². The van der Waals surface area contributed by atoms with E-state index in [9.17, 15) is 0 Å². The lowest BCUT2D eigenvalue weighted by atomic mass is 9.82. The molecule has 1 aliphatic carbocycles. The molecule has 146 valence electrons. The maximum atomic E-state index is 4.57. The molecule has 2 atom stereocenters. The second kappa shape index (κ2) is 9.03. The number of fused-ring (bicyclic) bond motifs is 1. The molecule has 2 aliphatic rings. The molecule has 1 N–H and O–H groups in total. The van der Waals surface area contributed by atoms with Gasteiger partial charge in [-0.15, -0.1) is 24.0 Å². The molecule has 2 unspecified atom stereocenters. The van der Waals surface area contributed by atoms with Crippen molar-refractivity contribution in [2.45, 2.75) is 39.2 Å². The predicted molar refractivity (Wildman–Crippen MR) is 119 cm³/mol. The van der Waals surface area contributed by atoms with Crippen molar-refractivity contribution >= 4 is 29.9 Å². The number of rotatable bonds is 3. The minimum atomic E-state index is 0. The smallest absolute Gasteiger partial charge is 0.193 e. The van der Waals surface area contributed by atoms with Gasteiger partial charge < -0.3 is 10.2 Å². The van der Waals surface area contributed by atoms with E-state index in [2.05, 4.69) is 31.2 Å². The number of aliphatic imine (C=N–C) groups is 1. The number of aryl methyl sites for hydroxylation is 1. The van der Waals surface area contributed by atoms with Crippen LogP contribution in [-0.2, 0) is 6.54 Å². The minimum Gasteiger partial charge on any atom is -0.352 e. The van der Waals surface area contributed by atoms with Crippen LogP contribution in [0, 0.1) is 18.8 Å². The van der Waals surface area contributed by atoms with E-state index in [1.165, 1.54) is 25.7 Å². The van der Waals surface area contributed by atoms with Crippen LogP contribution >= 0.6 is 24.0 Å². The number of hydrogen-bond acceptors (Lipinski definition) is 3. The number of aromatic nitrogens is 3. The molecule has 3 heterocycles. The number of pyridine rings is 1. The molecule has 0 spiro atoms. The zero-order chi connectivity index (χ0) is 17.9. The Labute approximate surface area is 178 Å². The van der Waals surface area contributed by atoms with Gasteiger partial charge in [0.05, 0.1) is 0 Å². The van der Waals surface area contributed by atoms with Crippen LogP contribution in [0.15, 0.2) is 35.7 Å². The van der Waals surface area contributed by atoms with Crippen LogP contribution in [0.4, 0.5) is 0 Å². The molecule has 2 aromatic rings. The molecular formula is C20H29IN6. The topological polar surface area (TPSA) is 58.3 Å². The summed E-state index contributed by atoms with van der Waals surface area (Å²) in [5, 5.41) is 3.52. The molecule has 0 bridgehead atoms. The highest BCUT2D eigenvalue weighted by atomic mass is 127. The maximum Gasteiger partial charge on any atom is 0.193 e. The van der Waals surface area contributed by atoms with E-state index in [0.717, 1.165) is 54.6 Å². The largest absolute Gasteiger partial charge is 0.352 e. The first kappa shape index (κ1) is 20.1. The maximum absolute atomic E-state index is 4.57. The number of hydrogen-bond donors (Lipinski definition) is 1. The number of nitrogens with one attached hydrogen (secondary N) is 1. The third-order valence-electron chi connectivity index (χ3n) is 5.82. The third-order valence-corrected chi connectivity index (χ3v) is 5.82.